The fourth-order valence-electron chi connectivity index (χ4n) is 9.64. The summed E-state index contributed by atoms with van der Waals surface area (Å²) < 4.78 is 12.9. The number of halogens is 1. The van der Waals surface area contributed by atoms with Gasteiger partial charge in [0.1, 0.15) is 6.10 Å². The molecule has 1 aliphatic heterocycles. The molecule has 5 heteroatoms. The summed E-state index contributed by atoms with van der Waals surface area (Å²) in [5.74, 6) is 2.86. The van der Waals surface area contributed by atoms with Gasteiger partial charge in [0, 0.05) is 35.9 Å². The van der Waals surface area contributed by atoms with Crippen molar-refractivity contribution >= 4 is 28.0 Å². The number of ether oxygens (including phenoxy) is 2. The van der Waals surface area contributed by atoms with Crippen LogP contribution in [-0.4, -0.2) is 49.3 Å². The number of morpholine rings is 1. The summed E-state index contributed by atoms with van der Waals surface area (Å²) in [6.07, 6.45) is 12.6. The van der Waals surface area contributed by atoms with Gasteiger partial charge in [-0.15, -0.1) is 0 Å². The van der Waals surface area contributed by atoms with Crippen LogP contribution < -0.4 is 0 Å². The second kappa shape index (κ2) is 10.1. The van der Waals surface area contributed by atoms with E-state index in [2.05, 4.69) is 65.0 Å². The molecule has 1 aromatic carbocycles. The predicted molar refractivity (Wildman–Crippen MR) is 151 cm³/mol. The monoisotopic (exact) mass is 569 g/mol. The third kappa shape index (κ3) is 4.65. The molecule has 0 N–H and O–H groups in total. The van der Waals surface area contributed by atoms with Crippen LogP contribution in [-0.2, 0) is 14.3 Å². The zero-order valence-electron chi connectivity index (χ0n) is 22.9. The number of nitrogens with zero attached hydrogens (tertiary/aromatic N) is 1. The third-order valence-corrected chi connectivity index (χ3v) is 12.1. The van der Waals surface area contributed by atoms with Crippen molar-refractivity contribution in [3.8, 4) is 0 Å². The van der Waals surface area contributed by atoms with Crippen molar-refractivity contribution in [2.24, 2.45) is 34.5 Å². The van der Waals surface area contributed by atoms with Crippen molar-refractivity contribution in [1.82, 2.24) is 4.90 Å². The minimum Gasteiger partial charge on any atom is -0.457 e. The van der Waals surface area contributed by atoms with Crippen molar-refractivity contribution in [3.63, 3.8) is 0 Å². The lowest BCUT2D eigenvalue weighted by atomic mass is 9.45. The molecular formula is C32H44BrNO3. The van der Waals surface area contributed by atoms with E-state index in [9.17, 15) is 4.79 Å². The molecule has 4 unspecified atom stereocenters. The highest BCUT2D eigenvalue weighted by Crippen LogP contribution is 2.67. The van der Waals surface area contributed by atoms with Crippen LogP contribution in [0.5, 0.6) is 0 Å². The number of hydrogen-bond donors (Lipinski definition) is 0. The zero-order valence-corrected chi connectivity index (χ0v) is 24.5. The van der Waals surface area contributed by atoms with Crippen molar-refractivity contribution in [3.05, 3.63) is 39.9 Å². The Morgan fingerprint density at radius 2 is 1.76 bits per heavy atom. The van der Waals surface area contributed by atoms with Crippen LogP contribution in [0.25, 0.3) is 6.08 Å². The van der Waals surface area contributed by atoms with E-state index in [1.807, 2.05) is 0 Å². The average molecular weight is 571 g/mol. The molecule has 1 aromatic rings. The Morgan fingerprint density at radius 1 is 1.03 bits per heavy atom. The molecule has 1 saturated heterocycles. The van der Waals surface area contributed by atoms with Crippen molar-refractivity contribution in [2.45, 2.75) is 84.3 Å². The first kappa shape index (κ1) is 26.1. The fourth-order valence-corrected chi connectivity index (χ4v) is 9.90. The number of fused-ring (bicyclic) bond motifs is 5. The van der Waals surface area contributed by atoms with E-state index in [1.54, 1.807) is 6.92 Å². The molecule has 4 nitrogen and oxygen atoms in total. The Bertz CT molecular complexity index is 1030. The summed E-state index contributed by atoms with van der Waals surface area (Å²) in [6.45, 7) is 10.7. The van der Waals surface area contributed by atoms with Gasteiger partial charge in [0.15, 0.2) is 0 Å². The van der Waals surface area contributed by atoms with Crippen LogP contribution in [0.1, 0.15) is 77.7 Å². The summed E-state index contributed by atoms with van der Waals surface area (Å²) in [4.78, 5) is 15.0. The van der Waals surface area contributed by atoms with Crippen LogP contribution in [0.3, 0.4) is 0 Å². The van der Waals surface area contributed by atoms with Crippen LogP contribution in [0, 0.1) is 34.5 Å². The Morgan fingerprint density at radius 3 is 2.49 bits per heavy atom. The molecule has 5 fully saturated rings. The van der Waals surface area contributed by atoms with Gasteiger partial charge in [-0.1, -0.05) is 48.0 Å². The maximum absolute atomic E-state index is 12.3. The van der Waals surface area contributed by atoms with Gasteiger partial charge < -0.3 is 9.47 Å². The Balaban J connectivity index is 1.25. The molecule has 0 radical (unpaired) electrons. The largest absolute Gasteiger partial charge is 0.457 e. The first-order valence-electron chi connectivity index (χ1n) is 14.7. The van der Waals surface area contributed by atoms with Crippen LogP contribution >= 0.6 is 15.9 Å². The third-order valence-electron chi connectivity index (χ3n) is 11.5. The molecule has 0 amide bonds. The van der Waals surface area contributed by atoms with Gasteiger partial charge >= 0.3 is 5.97 Å². The SMILES string of the molecule is CC(=O)O[C@H]1/C(=C/c2ccc(Br)cc2)CC2C3CCC4C[C@@H](N5CCOCC5)CC[C@]4(C)C3CC[C@@]21C. The molecule has 1 heterocycles. The van der Waals surface area contributed by atoms with E-state index in [0.29, 0.717) is 11.3 Å². The van der Waals surface area contributed by atoms with Gasteiger partial charge in [0.2, 0.25) is 0 Å². The lowest BCUT2D eigenvalue weighted by Gasteiger charge is -2.61. The molecule has 37 heavy (non-hydrogen) atoms. The maximum atomic E-state index is 12.3. The number of carbonyl (C=O) groups excluding carboxylic acids is 1. The predicted octanol–water partition coefficient (Wildman–Crippen LogP) is 7.12. The number of esters is 1. The molecule has 202 valence electrons. The highest BCUT2D eigenvalue weighted by atomic mass is 79.9. The number of benzene rings is 1. The summed E-state index contributed by atoms with van der Waals surface area (Å²) >= 11 is 3.56. The van der Waals surface area contributed by atoms with Gasteiger partial charge in [-0.05, 0) is 104 Å². The topological polar surface area (TPSA) is 38.8 Å². The Labute approximate surface area is 231 Å². The van der Waals surface area contributed by atoms with Crippen LogP contribution in [0.2, 0.25) is 0 Å². The van der Waals surface area contributed by atoms with E-state index in [-0.39, 0.29) is 17.5 Å². The average Bonchev–Trinajstić information content (AvgIpc) is 3.16. The van der Waals surface area contributed by atoms with Crippen molar-refractivity contribution < 1.29 is 14.3 Å². The second-order valence-electron chi connectivity index (χ2n) is 13.2. The van der Waals surface area contributed by atoms with Gasteiger partial charge in [-0.3, -0.25) is 9.69 Å². The molecular weight excluding hydrogens is 526 g/mol. The minimum atomic E-state index is -0.146. The minimum absolute atomic E-state index is 0.0439. The molecule has 4 aliphatic carbocycles. The van der Waals surface area contributed by atoms with Crippen molar-refractivity contribution in [2.75, 3.05) is 26.3 Å². The van der Waals surface area contributed by atoms with Gasteiger partial charge in [-0.25, -0.2) is 0 Å². The Hall–Kier alpha value is -1.17. The van der Waals surface area contributed by atoms with Crippen molar-refractivity contribution in [1.29, 1.82) is 0 Å². The lowest BCUT2D eigenvalue weighted by molar-refractivity contribution is -0.160. The zero-order chi connectivity index (χ0) is 25.8. The first-order valence-corrected chi connectivity index (χ1v) is 15.5. The van der Waals surface area contributed by atoms with Gasteiger partial charge in [0.25, 0.3) is 0 Å². The maximum Gasteiger partial charge on any atom is 0.303 e. The molecule has 6 rings (SSSR count). The van der Waals surface area contributed by atoms with Gasteiger partial charge in [-0.2, -0.15) is 0 Å². The summed E-state index contributed by atoms with van der Waals surface area (Å²) in [7, 11) is 0. The lowest BCUT2D eigenvalue weighted by Crippen LogP contribution is -2.56. The standard InChI is InChI=1S/C32H44BrNO3/c1-21(35)37-30-23(18-22-4-7-25(33)8-5-22)19-29-27-9-6-24-20-26(34-14-16-36-17-15-34)10-12-31(24,2)28(27)11-13-32(29,30)3/h4-5,7-8,18,24,26-30H,6,9-17,19-20H2,1-3H3/b23-18+/t24?,26-,27?,28?,29?,30-,31-,32-/m0/s1. The van der Waals surface area contributed by atoms with Crippen LogP contribution in [0.15, 0.2) is 34.3 Å². The smallest absolute Gasteiger partial charge is 0.303 e. The Kier molecular flexibility index (Phi) is 7.12. The van der Waals surface area contributed by atoms with E-state index >= 15 is 0 Å². The van der Waals surface area contributed by atoms with Gasteiger partial charge in [0.05, 0.1) is 13.2 Å². The van der Waals surface area contributed by atoms with Crippen LogP contribution in [0.4, 0.5) is 0 Å². The van der Waals surface area contributed by atoms with E-state index in [4.69, 9.17) is 9.47 Å². The fraction of sp³-hybridized carbons (Fsp3) is 0.719. The van der Waals surface area contributed by atoms with E-state index in [0.717, 1.165) is 61.0 Å². The summed E-state index contributed by atoms with van der Waals surface area (Å²) in [6, 6.07) is 9.28. The molecule has 4 saturated carbocycles. The molecule has 0 bridgehead atoms. The first-order chi connectivity index (χ1) is 17.8. The highest BCUT2D eigenvalue weighted by Gasteiger charge is 2.62. The summed E-state index contributed by atoms with van der Waals surface area (Å²) in [5.41, 5.74) is 3.03. The summed E-state index contributed by atoms with van der Waals surface area (Å²) in [5, 5.41) is 0. The van der Waals surface area contributed by atoms with E-state index < -0.39 is 0 Å². The quantitative estimate of drug-likeness (QED) is 0.363. The normalized spacial score (nSPS) is 43.1. The highest BCUT2D eigenvalue weighted by molar-refractivity contribution is 9.10. The molecule has 0 aromatic heterocycles. The van der Waals surface area contributed by atoms with E-state index in [1.165, 1.54) is 56.1 Å². The number of hydrogen-bond acceptors (Lipinski definition) is 4. The number of rotatable bonds is 3. The molecule has 5 aliphatic rings. The second-order valence-corrected chi connectivity index (χ2v) is 14.2. The molecule has 0 spiro atoms. The molecule has 8 atom stereocenters. The number of carbonyl (C=O) groups is 1.